The molecule has 0 radical (unpaired) electrons. The van der Waals surface area contributed by atoms with Crippen LogP contribution < -0.4 is 5.32 Å². The van der Waals surface area contributed by atoms with E-state index in [0.717, 1.165) is 17.7 Å². The van der Waals surface area contributed by atoms with Crippen molar-refractivity contribution in [2.75, 3.05) is 5.32 Å². The Morgan fingerprint density at radius 2 is 1.84 bits per heavy atom. The zero-order chi connectivity index (χ0) is 17.9. The number of thiazole rings is 1. The molecular weight excluding hydrogens is 349 g/mol. The molecule has 0 saturated heterocycles. The number of aromatic nitrogens is 1. The Morgan fingerprint density at radius 3 is 2.56 bits per heavy atom. The number of nitrogens with one attached hydrogen (secondary N) is 1. The van der Waals surface area contributed by atoms with Gasteiger partial charge in [-0.3, -0.25) is 4.79 Å². The number of benzene rings is 2. The quantitative estimate of drug-likeness (QED) is 0.709. The van der Waals surface area contributed by atoms with Crippen LogP contribution in [0, 0.1) is 0 Å². The first-order valence-corrected chi connectivity index (χ1v) is 8.27. The van der Waals surface area contributed by atoms with Crippen molar-refractivity contribution >= 4 is 22.4 Å². The second-order valence-electron chi connectivity index (χ2n) is 5.33. The minimum absolute atomic E-state index is 0.208. The highest BCUT2D eigenvalue weighted by Crippen LogP contribution is 2.33. The predicted molar refractivity (Wildman–Crippen MR) is 91.3 cm³/mol. The summed E-state index contributed by atoms with van der Waals surface area (Å²) in [6, 6.07) is 14.2. The molecule has 128 valence electrons. The number of amides is 1. The van der Waals surface area contributed by atoms with Crippen molar-refractivity contribution in [2.24, 2.45) is 0 Å². The van der Waals surface area contributed by atoms with Crippen LogP contribution in [0.2, 0.25) is 0 Å². The van der Waals surface area contributed by atoms with E-state index < -0.39 is 11.7 Å². The van der Waals surface area contributed by atoms with Gasteiger partial charge >= 0.3 is 6.18 Å². The van der Waals surface area contributed by atoms with Crippen LogP contribution in [-0.2, 0) is 17.4 Å². The summed E-state index contributed by atoms with van der Waals surface area (Å²) in [5.74, 6) is -0.226. The van der Waals surface area contributed by atoms with Gasteiger partial charge in [0.15, 0.2) is 5.13 Å². The number of carbonyl (C=O) groups excluding carboxylic acids is 1. The molecule has 0 spiro atoms. The second kappa shape index (κ2) is 7.06. The third-order valence-corrected chi connectivity index (χ3v) is 4.20. The minimum atomic E-state index is -4.40. The lowest BCUT2D eigenvalue weighted by Gasteiger charge is -2.07. The van der Waals surface area contributed by atoms with Crippen molar-refractivity contribution < 1.29 is 18.0 Å². The molecule has 1 aromatic heterocycles. The largest absolute Gasteiger partial charge is 0.416 e. The number of carbonyl (C=O) groups is 1. The highest BCUT2D eigenvalue weighted by Gasteiger charge is 2.30. The van der Waals surface area contributed by atoms with Crippen LogP contribution in [0.25, 0.3) is 11.3 Å². The maximum atomic E-state index is 12.8. The molecule has 1 amide bonds. The number of alkyl halides is 3. The molecule has 25 heavy (non-hydrogen) atoms. The van der Waals surface area contributed by atoms with Crippen LogP contribution in [0.5, 0.6) is 0 Å². The van der Waals surface area contributed by atoms with E-state index in [1.807, 2.05) is 30.3 Å². The van der Waals surface area contributed by atoms with E-state index in [-0.39, 0.29) is 12.3 Å². The summed E-state index contributed by atoms with van der Waals surface area (Å²) < 4.78 is 38.4. The van der Waals surface area contributed by atoms with Gasteiger partial charge in [-0.25, -0.2) is 4.98 Å². The third kappa shape index (κ3) is 4.45. The molecule has 3 nitrogen and oxygen atoms in total. The SMILES string of the molecule is O=C(Cc1ccccc1)Nc1nc(-c2cccc(C(F)(F)F)c2)cs1. The zero-order valence-corrected chi connectivity index (χ0v) is 13.7. The maximum absolute atomic E-state index is 12.8. The molecule has 7 heteroatoms. The summed E-state index contributed by atoms with van der Waals surface area (Å²) in [4.78, 5) is 16.2. The topological polar surface area (TPSA) is 42.0 Å². The highest BCUT2D eigenvalue weighted by atomic mass is 32.1. The maximum Gasteiger partial charge on any atom is 0.416 e. The smallest absolute Gasteiger partial charge is 0.302 e. The molecule has 0 aliphatic rings. The summed E-state index contributed by atoms with van der Waals surface area (Å²) in [7, 11) is 0. The Kier molecular flexibility index (Phi) is 4.85. The molecule has 0 atom stereocenters. The molecule has 0 aliphatic carbocycles. The number of hydrogen-bond donors (Lipinski definition) is 1. The van der Waals surface area contributed by atoms with Gasteiger partial charge in [0.2, 0.25) is 5.91 Å². The molecule has 0 aliphatic heterocycles. The van der Waals surface area contributed by atoms with Gasteiger partial charge in [-0.2, -0.15) is 13.2 Å². The fourth-order valence-corrected chi connectivity index (χ4v) is 3.00. The first-order valence-electron chi connectivity index (χ1n) is 7.39. The van der Waals surface area contributed by atoms with Gasteiger partial charge in [0, 0.05) is 10.9 Å². The lowest BCUT2D eigenvalue weighted by atomic mass is 10.1. The fourth-order valence-electron chi connectivity index (χ4n) is 2.26. The monoisotopic (exact) mass is 362 g/mol. The molecule has 2 aromatic carbocycles. The van der Waals surface area contributed by atoms with E-state index >= 15 is 0 Å². The lowest BCUT2D eigenvalue weighted by molar-refractivity contribution is -0.137. The van der Waals surface area contributed by atoms with E-state index in [1.165, 1.54) is 17.4 Å². The van der Waals surface area contributed by atoms with Gasteiger partial charge < -0.3 is 5.32 Å². The van der Waals surface area contributed by atoms with Gasteiger partial charge in [0.1, 0.15) is 0 Å². The van der Waals surface area contributed by atoms with Gasteiger partial charge in [-0.1, -0.05) is 42.5 Å². The van der Waals surface area contributed by atoms with Crippen molar-refractivity contribution in [3.63, 3.8) is 0 Å². The molecule has 1 N–H and O–H groups in total. The molecule has 0 saturated carbocycles. The number of rotatable bonds is 4. The normalized spacial score (nSPS) is 11.3. The Labute approximate surface area is 146 Å². The van der Waals surface area contributed by atoms with E-state index in [4.69, 9.17) is 0 Å². The summed E-state index contributed by atoms with van der Waals surface area (Å²) in [6.07, 6.45) is -4.20. The zero-order valence-electron chi connectivity index (χ0n) is 12.9. The van der Waals surface area contributed by atoms with E-state index in [2.05, 4.69) is 10.3 Å². The Balaban J connectivity index is 1.71. The first-order chi connectivity index (χ1) is 11.9. The van der Waals surface area contributed by atoms with Crippen molar-refractivity contribution in [1.82, 2.24) is 4.98 Å². The first kappa shape index (κ1) is 17.2. The standard InChI is InChI=1S/C18H13F3N2OS/c19-18(20,21)14-8-4-7-13(10-14)15-11-25-17(22-15)23-16(24)9-12-5-2-1-3-6-12/h1-8,10-11H,9H2,(H,22,23,24). The van der Waals surface area contributed by atoms with Gasteiger partial charge in [0.25, 0.3) is 0 Å². The van der Waals surface area contributed by atoms with Crippen molar-refractivity contribution in [3.05, 3.63) is 71.1 Å². The van der Waals surface area contributed by atoms with Gasteiger partial charge in [-0.05, 0) is 17.7 Å². The van der Waals surface area contributed by atoms with Crippen LogP contribution in [-0.4, -0.2) is 10.9 Å². The molecule has 3 aromatic rings. The average molecular weight is 362 g/mol. The predicted octanol–water partition coefficient (Wildman–Crippen LogP) is 5.01. The Hall–Kier alpha value is -2.67. The van der Waals surface area contributed by atoms with Crippen LogP contribution in [0.3, 0.4) is 0 Å². The summed E-state index contributed by atoms with van der Waals surface area (Å²) in [5.41, 5.74) is 0.892. The van der Waals surface area contributed by atoms with E-state index in [9.17, 15) is 18.0 Å². The lowest BCUT2D eigenvalue weighted by Crippen LogP contribution is -2.14. The average Bonchev–Trinajstić information content (AvgIpc) is 3.03. The Morgan fingerprint density at radius 1 is 1.08 bits per heavy atom. The van der Waals surface area contributed by atoms with Crippen LogP contribution in [0.4, 0.5) is 18.3 Å². The molecule has 1 heterocycles. The van der Waals surface area contributed by atoms with Crippen LogP contribution >= 0.6 is 11.3 Å². The molecule has 0 unspecified atom stereocenters. The second-order valence-corrected chi connectivity index (χ2v) is 6.19. The van der Waals surface area contributed by atoms with Crippen LogP contribution in [0.1, 0.15) is 11.1 Å². The van der Waals surface area contributed by atoms with Gasteiger partial charge in [-0.15, -0.1) is 11.3 Å². The number of hydrogen-bond acceptors (Lipinski definition) is 3. The highest BCUT2D eigenvalue weighted by molar-refractivity contribution is 7.14. The fraction of sp³-hybridized carbons (Fsp3) is 0.111. The minimum Gasteiger partial charge on any atom is -0.302 e. The number of halogens is 3. The van der Waals surface area contributed by atoms with E-state index in [0.29, 0.717) is 16.4 Å². The summed E-state index contributed by atoms with van der Waals surface area (Å²) in [6.45, 7) is 0. The molecular formula is C18H13F3N2OS. The number of nitrogens with zero attached hydrogens (tertiary/aromatic N) is 1. The van der Waals surface area contributed by atoms with Gasteiger partial charge in [0.05, 0.1) is 17.7 Å². The van der Waals surface area contributed by atoms with Crippen LogP contribution in [0.15, 0.2) is 60.0 Å². The molecule has 3 rings (SSSR count). The van der Waals surface area contributed by atoms with Crippen molar-refractivity contribution in [3.8, 4) is 11.3 Å². The molecule has 0 bridgehead atoms. The molecule has 0 fully saturated rings. The van der Waals surface area contributed by atoms with Crippen molar-refractivity contribution in [2.45, 2.75) is 12.6 Å². The summed E-state index contributed by atoms with van der Waals surface area (Å²) in [5, 5.41) is 4.65. The third-order valence-electron chi connectivity index (χ3n) is 3.44. The Bertz CT molecular complexity index is 875. The van der Waals surface area contributed by atoms with Crippen molar-refractivity contribution in [1.29, 1.82) is 0 Å². The summed E-state index contributed by atoms with van der Waals surface area (Å²) >= 11 is 1.17. The van der Waals surface area contributed by atoms with E-state index in [1.54, 1.807) is 11.4 Å². The number of anilines is 1.